The molecule has 2 rings (SSSR count). The summed E-state index contributed by atoms with van der Waals surface area (Å²) in [6.45, 7) is 0.243. The van der Waals surface area contributed by atoms with Crippen molar-refractivity contribution < 1.29 is 20.1 Å². The highest BCUT2D eigenvalue weighted by Gasteiger charge is 2.34. The van der Waals surface area contributed by atoms with Crippen LogP contribution in [0.1, 0.15) is 23.3 Å². The average Bonchev–Trinajstić information content (AvgIpc) is 2.18. The van der Waals surface area contributed by atoms with Crippen LogP contribution in [0.15, 0.2) is 18.2 Å². The average molecular weight is 223 g/mol. The molecular formula is C11H13NO4. The number of phenols is 1. The Kier molecular flexibility index (Phi) is 2.57. The lowest BCUT2D eigenvalue weighted by atomic mass is 9.91. The molecule has 1 heterocycles. The number of carboxylic acids is 1. The van der Waals surface area contributed by atoms with Gasteiger partial charge in [0.1, 0.15) is 11.8 Å². The van der Waals surface area contributed by atoms with Gasteiger partial charge in [-0.2, -0.15) is 0 Å². The van der Waals surface area contributed by atoms with Gasteiger partial charge in [-0.15, -0.1) is 0 Å². The van der Waals surface area contributed by atoms with Crippen molar-refractivity contribution in [1.82, 2.24) is 4.90 Å². The first-order valence-corrected chi connectivity index (χ1v) is 4.94. The largest absolute Gasteiger partial charge is 0.508 e. The quantitative estimate of drug-likeness (QED) is 0.645. The van der Waals surface area contributed by atoms with E-state index in [2.05, 4.69) is 0 Å². The van der Waals surface area contributed by atoms with Crippen LogP contribution >= 0.6 is 0 Å². The van der Waals surface area contributed by atoms with Crippen molar-refractivity contribution in [1.29, 1.82) is 0 Å². The van der Waals surface area contributed by atoms with Gasteiger partial charge in [0.15, 0.2) is 0 Å². The molecule has 0 unspecified atom stereocenters. The van der Waals surface area contributed by atoms with Crippen molar-refractivity contribution in [3.63, 3.8) is 0 Å². The standard InChI is InChI=1S/C11H13NO4/c1-12-5-9(14)8-4-6(13)2-3-7(8)10(12)11(15)16/h2-4,9-10,13-14H,5H2,1H3,(H,15,16)/t9-,10+/m0/s1. The number of aromatic hydroxyl groups is 1. The number of rotatable bonds is 1. The molecule has 5 nitrogen and oxygen atoms in total. The molecule has 16 heavy (non-hydrogen) atoms. The van der Waals surface area contributed by atoms with E-state index in [9.17, 15) is 15.0 Å². The van der Waals surface area contributed by atoms with E-state index in [1.54, 1.807) is 18.0 Å². The van der Waals surface area contributed by atoms with E-state index in [4.69, 9.17) is 5.11 Å². The summed E-state index contributed by atoms with van der Waals surface area (Å²) < 4.78 is 0. The number of hydrogen-bond donors (Lipinski definition) is 3. The van der Waals surface area contributed by atoms with E-state index in [-0.39, 0.29) is 12.3 Å². The fraction of sp³-hybridized carbons (Fsp3) is 0.364. The molecule has 1 aliphatic heterocycles. The summed E-state index contributed by atoms with van der Waals surface area (Å²) in [6.07, 6.45) is -0.761. The minimum absolute atomic E-state index is 0.0338. The van der Waals surface area contributed by atoms with Gasteiger partial charge in [-0.1, -0.05) is 6.07 Å². The number of aliphatic carboxylic acids is 1. The molecule has 1 aromatic rings. The topological polar surface area (TPSA) is 81.0 Å². The second-order valence-electron chi connectivity index (χ2n) is 4.01. The molecule has 0 aliphatic carbocycles. The van der Waals surface area contributed by atoms with Crippen LogP contribution in [0.3, 0.4) is 0 Å². The molecule has 86 valence electrons. The molecule has 3 N–H and O–H groups in total. The Morgan fingerprint density at radius 1 is 1.44 bits per heavy atom. The predicted molar refractivity (Wildman–Crippen MR) is 56.1 cm³/mol. The molecule has 0 fully saturated rings. The highest BCUT2D eigenvalue weighted by atomic mass is 16.4. The fourth-order valence-corrected chi connectivity index (χ4v) is 2.14. The molecule has 0 spiro atoms. The van der Waals surface area contributed by atoms with Gasteiger partial charge < -0.3 is 15.3 Å². The number of carboxylic acid groups (broad SMARTS) is 1. The maximum Gasteiger partial charge on any atom is 0.325 e. The van der Waals surface area contributed by atoms with Crippen LogP contribution in [0.5, 0.6) is 5.75 Å². The molecule has 1 aliphatic rings. The smallest absolute Gasteiger partial charge is 0.325 e. The number of benzene rings is 1. The summed E-state index contributed by atoms with van der Waals surface area (Å²) in [4.78, 5) is 12.7. The van der Waals surface area contributed by atoms with E-state index in [1.165, 1.54) is 12.1 Å². The number of hydrogen-bond acceptors (Lipinski definition) is 4. The minimum atomic E-state index is -0.957. The Morgan fingerprint density at radius 3 is 2.75 bits per heavy atom. The normalized spacial score (nSPS) is 25.1. The summed E-state index contributed by atoms with van der Waals surface area (Å²) in [7, 11) is 1.65. The Morgan fingerprint density at radius 2 is 2.12 bits per heavy atom. The second kappa shape index (κ2) is 3.77. The lowest BCUT2D eigenvalue weighted by Crippen LogP contribution is -2.39. The molecule has 2 atom stereocenters. The summed E-state index contributed by atoms with van der Waals surface area (Å²) >= 11 is 0. The van der Waals surface area contributed by atoms with E-state index >= 15 is 0 Å². The third-order valence-corrected chi connectivity index (χ3v) is 2.86. The Balaban J connectivity index is 2.54. The first kappa shape index (κ1) is 10.9. The van der Waals surface area contributed by atoms with E-state index in [1.807, 2.05) is 0 Å². The molecule has 0 bridgehead atoms. The number of β-amino-alcohol motifs (C(OH)–C–C–N with tert-alkyl or cyclic N) is 1. The van der Waals surface area contributed by atoms with Crippen molar-refractivity contribution in [2.45, 2.75) is 12.1 Å². The van der Waals surface area contributed by atoms with Crippen LogP contribution < -0.4 is 0 Å². The second-order valence-corrected chi connectivity index (χ2v) is 4.01. The van der Waals surface area contributed by atoms with Gasteiger partial charge >= 0.3 is 5.97 Å². The number of nitrogens with zero attached hydrogens (tertiary/aromatic N) is 1. The number of aliphatic hydroxyl groups excluding tert-OH is 1. The highest BCUT2D eigenvalue weighted by molar-refractivity contribution is 5.76. The maximum atomic E-state index is 11.1. The SMILES string of the molecule is CN1C[C@H](O)c2cc(O)ccc2[C@@H]1C(=O)O. The lowest BCUT2D eigenvalue weighted by Gasteiger charge is -2.34. The molecule has 0 radical (unpaired) electrons. The van der Waals surface area contributed by atoms with E-state index < -0.39 is 18.1 Å². The Hall–Kier alpha value is -1.59. The van der Waals surface area contributed by atoms with Gasteiger partial charge in [0.25, 0.3) is 0 Å². The number of aliphatic hydroxyl groups is 1. The van der Waals surface area contributed by atoms with Crippen LogP contribution in [0, 0.1) is 0 Å². The summed E-state index contributed by atoms with van der Waals surface area (Å²) in [5, 5.41) is 28.3. The Labute approximate surface area is 92.6 Å². The number of carbonyl (C=O) groups is 1. The highest BCUT2D eigenvalue weighted by Crippen LogP contribution is 2.35. The zero-order chi connectivity index (χ0) is 11.9. The van der Waals surface area contributed by atoms with Crippen LogP contribution in [-0.2, 0) is 4.79 Å². The monoisotopic (exact) mass is 223 g/mol. The van der Waals surface area contributed by atoms with Crippen molar-refractivity contribution in [2.24, 2.45) is 0 Å². The van der Waals surface area contributed by atoms with Crippen LogP contribution in [0.2, 0.25) is 0 Å². The molecule has 0 saturated carbocycles. The predicted octanol–water partition coefficient (Wildman–Crippen LogP) is 0.497. The first-order chi connectivity index (χ1) is 7.50. The van der Waals surface area contributed by atoms with Gasteiger partial charge in [0, 0.05) is 6.54 Å². The van der Waals surface area contributed by atoms with Gasteiger partial charge in [-0.25, -0.2) is 0 Å². The molecule has 0 amide bonds. The molecule has 1 aromatic carbocycles. The van der Waals surface area contributed by atoms with E-state index in [0.717, 1.165) is 0 Å². The van der Waals surface area contributed by atoms with Crippen molar-refractivity contribution >= 4 is 5.97 Å². The zero-order valence-electron chi connectivity index (χ0n) is 8.79. The van der Waals surface area contributed by atoms with Gasteiger partial charge in [-0.3, -0.25) is 9.69 Å². The van der Waals surface area contributed by atoms with Gasteiger partial charge in [-0.05, 0) is 30.3 Å². The zero-order valence-corrected chi connectivity index (χ0v) is 8.79. The summed E-state index contributed by atoms with van der Waals surface area (Å²) in [5.41, 5.74) is 1.03. The first-order valence-electron chi connectivity index (χ1n) is 4.94. The summed E-state index contributed by atoms with van der Waals surface area (Å²) in [5.74, 6) is -0.923. The Bertz CT molecular complexity index is 432. The van der Waals surface area contributed by atoms with Crippen LogP contribution in [0.4, 0.5) is 0 Å². The third-order valence-electron chi connectivity index (χ3n) is 2.86. The van der Waals surface area contributed by atoms with Gasteiger partial charge in [0.2, 0.25) is 0 Å². The molecule has 5 heteroatoms. The van der Waals surface area contributed by atoms with E-state index in [0.29, 0.717) is 11.1 Å². The number of fused-ring (bicyclic) bond motifs is 1. The fourth-order valence-electron chi connectivity index (χ4n) is 2.14. The van der Waals surface area contributed by atoms with Crippen LogP contribution in [0.25, 0.3) is 0 Å². The van der Waals surface area contributed by atoms with Gasteiger partial charge in [0.05, 0.1) is 6.10 Å². The molecule has 0 saturated heterocycles. The van der Waals surface area contributed by atoms with Crippen LogP contribution in [-0.4, -0.2) is 39.8 Å². The maximum absolute atomic E-state index is 11.1. The van der Waals surface area contributed by atoms with Crippen molar-refractivity contribution in [3.05, 3.63) is 29.3 Å². The number of phenolic OH excluding ortho intramolecular Hbond substituents is 1. The van der Waals surface area contributed by atoms with Crippen molar-refractivity contribution in [3.8, 4) is 5.75 Å². The lowest BCUT2D eigenvalue weighted by molar-refractivity contribution is -0.144. The molecular weight excluding hydrogens is 210 g/mol. The van der Waals surface area contributed by atoms with Crippen molar-refractivity contribution in [2.75, 3.05) is 13.6 Å². The number of likely N-dealkylation sites (N-methyl/N-ethyl adjacent to an activating group) is 1. The molecule has 0 aromatic heterocycles. The summed E-state index contributed by atoms with van der Waals surface area (Å²) in [6, 6.07) is 3.63. The third kappa shape index (κ3) is 1.64. The minimum Gasteiger partial charge on any atom is -0.508 e.